The zero-order valence-corrected chi connectivity index (χ0v) is 11.3. The fourth-order valence-corrected chi connectivity index (χ4v) is 2.36. The summed E-state index contributed by atoms with van der Waals surface area (Å²) in [6, 6.07) is 7.51. The number of aryl methyl sites for hydroxylation is 1. The molecule has 1 aromatic carbocycles. The van der Waals surface area contributed by atoms with Gasteiger partial charge in [0.05, 0.1) is 29.5 Å². The maximum absolute atomic E-state index is 6.24. The van der Waals surface area contributed by atoms with Crippen LogP contribution in [-0.4, -0.2) is 16.9 Å². The van der Waals surface area contributed by atoms with Gasteiger partial charge in [0.1, 0.15) is 5.75 Å². The van der Waals surface area contributed by atoms with Crippen LogP contribution in [0.3, 0.4) is 0 Å². The number of methoxy groups -OCH3 is 1. The number of hydrogen-bond donors (Lipinski definition) is 1. The summed E-state index contributed by atoms with van der Waals surface area (Å²) < 4.78 is 7.88. The van der Waals surface area contributed by atoms with Gasteiger partial charge in [-0.2, -0.15) is 5.10 Å². The average Bonchev–Trinajstić information content (AvgIpc) is 2.68. The van der Waals surface area contributed by atoms with E-state index in [9.17, 15) is 0 Å². The van der Waals surface area contributed by atoms with Gasteiger partial charge in [-0.25, -0.2) is 0 Å². The van der Waals surface area contributed by atoms with Crippen molar-refractivity contribution in [2.45, 2.75) is 6.04 Å². The number of aromatic nitrogens is 2. The molecular weight excluding hydrogens is 282 g/mol. The highest BCUT2D eigenvalue weighted by molar-refractivity contribution is 9.10. The molecule has 2 N–H and O–H groups in total. The maximum atomic E-state index is 6.24. The molecule has 0 amide bonds. The first kappa shape index (κ1) is 12.1. The number of nitrogens with zero attached hydrogens (tertiary/aromatic N) is 2. The molecule has 0 aliphatic rings. The van der Waals surface area contributed by atoms with Crippen molar-refractivity contribution in [3.05, 3.63) is 46.2 Å². The molecule has 0 aliphatic carbocycles. The van der Waals surface area contributed by atoms with Crippen LogP contribution in [-0.2, 0) is 7.05 Å². The topological polar surface area (TPSA) is 53.1 Å². The van der Waals surface area contributed by atoms with Gasteiger partial charge in [-0.1, -0.05) is 12.1 Å². The van der Waals surface area contributed by atoms with E-state index in [1.54, 1.807) is 18.0 Å². The molecule has 2 rings (SSSR count). The van der Waals surface area contributed by atoms with Crippen LogP contribution in [0.15, 0.2) is 34.9 Å². The summed E-state index contributed by atoms with van der Waals surface area (Å²) in [6.45, 7) is 0. The first-order valence-electron chi connectivity index (χ1n) is 5.20. The molecule has 0 aliphatic heterocycles. The summed E-state index contributed by atoms with van der Waals surface area (Å²) in [7, 11) is 3.52. The third kappa shape index (κ3) is 2.35. The second kappa shape index (κ2) is 4.89. The van der Waals surface area contributed by atoms with Gasteiger partial charge in [-0.05, 0) is 33.6 Å². The molecule has 0 saturated heterocycles. The Morgan fingerprint density at radius 1 is 1.47 bits per heavy atom. The Bertz CT molecular complexity index is 505. The lowest BCUT2D eigenvalue weighted by Crippen LogP contribution is -2.16. The predicted molar refractivity (Wildman–Crippen MR) is 69.9 cm³/mol. The molecular formula is C12H14BrN3O. The number of ether oxygens (including phenoxy) is 1. The van der Waals surface area contributed by atoms with Crippen molar-refractivity contribution >= 4 is 15.9 Å². The molecule has 1 atom stereocenters. The second-order valence-corrected chi connectivity index (χ2v) is 4.61. The first-order valence-corrected chi connectivity index (χ1v) is 5.99. The third-order valence-corrected chi connectivity index (χ3v) is 3.30. The van der Waals surface area contributed by atoms with E-state index in [4.69, 9.17) is 10.5 Å². The Labute approximate surface area is 109 Å². The van der Waals surface area contributed by atoms with Crippen LogP contribution >= 0.6 is 15.9 Å². The molecule has 1 unspecified atom stereocenters. The highest BCUT2D eigenvalue weighted by atomic mass is 79.9. The molecule has 5 heteroatoms. The zero-order valence-electron chi connectivity index (χ0n) is 9.72. The fourth-order valence-electron chi connectivity index (χ4n) is 1.76. The largest absolute Gasteiger partial charge is 0.497 e. The quantitative estimate of drug-likeness (QED) is 0.945. The minimum atomic E-state index is -0.230. The Morgan fingerprint density at radius 2 is 2.24 bits per heavy atom. The number of benzene rings is 1. The minimum absolute atomic E-state index is 0.230. The van der Waals surface area contributed by atoms with Gasteiger partial charge in [0, 0.05) is 7.05 Å². The number of rotatable bonds is 3. The van der Waals surface area contributed by atoms with E-state index in [0.717, 1.165) is 21.5 Å². The molecule has 90 valence electrons. The summed E-state index contributed by atoms with van der Waals surface area (Å²) in [6.07, 6.45) is 1.75. The lowest BCUT2D eigenvalue weighted by atomic mass is 10.0. The summed E-state index contributed by atoms with van der Waals surface area (Å²) in [5, 5.41) is 4.16. The molecule has 17 heavy (non-hydrogen) atoms. The van der Waals surface area contributed by atoms with Crippen LogP contribution in [0.4, 0.5) is 0 Å². The molecule has 4 nitrogen and oxygen atoms in total. The van der Waals surface area contributed by atoms with E-state index in [1.165, 1.54) is 0 Å². The number of nitrogens with two attached hydrogens (primary N) is 1. The normalized spacial score (nSPS) is 12.5. The molecule has 0 bridgehead atoms. The van der Waals surface area contributed by atoms with Crippen LogP contribution in [0.1, 0.15) is 17.3 Å². The summed E-state index contributed by atoms with van der Waals surface area (Å²) in [5.41, 5.74) is 8.18. The van der Waals surface area contributed by atoms with Crippen molar-refractivity contribution in [2.24, 2.45) is 12.8 Å². The SMILES string of the molecule is COc1cccc(C(N)c2c(Br)cnn2C)c1. The van der Waals surface area contributed by atoms with Crippen molar-refractivity contribution in [1.29, 1.82) is 0 Å². The van der Waals surface area contributed by atoms with E-state index in [-0.39, 0.29) is 6.04 Å². The molecule has 0 radical (unpaired) electrons. The van der Waals surface area contributed by atoms with E-state index >= 15 is 0 Å². The fraction of sp³-hybridized carbons (Fsp3) is 0.250. The van der Waals surface area contributed by atoms with Crippen LogP contribution in [0, 0.1) is 0 Å². The van der Waals surface area contributed by atoms with Crippen molar-refractivity contribution in [2.75, 3.05) is 7.11 Å². The van der Waals surface area contributed by atoms with Crippen molar-refractivity contribution in [3.63, 3.8) is 0 Å². The Morgan fingerprint density at radius 3 is 2.82 bits per heavy atom. The van der Waals surface area contributed by atoms with E-state index in [1.807, 2.05) is 31.3 Å². The lowest BCUT2D eigenvalue weighted by Gasteiger charge is -2.14. The van der Waals surface area contributed by atoms with Gasteiger partial charge in [0.2, 0.25) is 0 Å². The van der Waals surface area contributed by atoms with E-state index < -0.39 is 0 Å². The van der Waals surface area contributed by atoms with Gasteiger partial charge in [-0.15, -0.1) is 0 Å². The standard InChI is InChI=1S/C12H14BrN3O/c1-16-12(10(13)7-15-16)11(14)8-4-3-5-9(6-8)17-2/h3-7,11H,14H2,1-2H3. The van der Waals surface area contributed by atoms with Crippen molar-refractivity contribution < 1.29 is 4.74 Å². The minimum Gasteiger partial charge on any atom is -0.497 e. The van der Waals surface area contributed by atoms with Crippen LogP contribution in [0.25, 0.3) is 0 Å². The number of hydrogen-bond acceptors (Lipinski definition) is 3. The van der Waals surface area contributed by atoms with E-state index in [0.29, 0.717) is 0 Å². The van der Waals surface area contributed by atoms with Gasteiger partial charge < -0.3 is 10.5 Å². The monoisotopic (exact) mass is 295 g/mol. The molecule has 1 aromatic heterocycles. The van der Waals surface area contributed by atoms with E-state index in [2.05, 4.69) is 21.0 Å². The average molecular weight is 296 g/mol. The van der Waals surface area contributed by atoms with Gasteiger partial charge in [-0.3, -0.25) is 4.68 Å². The van der Waals surface area contributed by atoms with Crippen LogP contribution < -0.4 is 10.5 Å². The summed E-state index contributed by atoms with van der Waals surface area (Å²) in [5.74, 6) is 0.802. The maximum Gasteiger partial charge on any atom is 0.119 e. The summed E-state index contributed by atoms with van der Waals surface area (Å²) in [4.78, 5) is 0. The van der Waals surface area contributed by atoms with Gasteiger partial charge in [0.15, 0.2) is 0 Å². The Kier molecular flexibility index (Phi) is 3.49. The molecule has 0 spiro atoms. The third-order valence-electron chi connectivity index (χ3n) is 2.69. The highest BCUT2D eigenvalue weighted by Gasteiger charge is 2.16. The van der Waals surface area contributed by atoms with Gasteiger partial charge in [0.25, 0.3) is 0 Å². The molecule has 0 fully saturated rings. The molecule has 1 heterocycles. The smallest absolute Gasteiger partial charge is 0.119 e. The molecule has 0 saturated carbocycles. The van der Waals surface area contributed by atoms with Crippen molar-refractivity contribution in [1.82, 2.24) is 9.78 Å². The zero-order chi connectivity index (χ0) is 12.4. The summed E-state index contributed by atoms with van der Waals surface area (Å²) >= 11 is 3.46. The first-order chi connectivity index (χ1) is 8.13. The van der Waals surface area contributed by atoms with Gasteiger partial charge >= 0.3 is 0 Å². The molecule has 2 aromatic rings. The number of halogens is 1. The lowest BCUT2D eigenvalue weighted by molar-refractivity contribution is 0.414. The van der Waals surface area contributed by atoms with Crippen molar-refractivity contribution in [3.8, 4) is 5.75 Å². The van der Waals surface area contributed by atoms with Crippen LogP contribution in [0.5, 0.6) is 5.75 Å². The highest BCUT2D eigenvalue weighted by Crippen LogP contribution is 2.27. The Balaban J connectivity index is 2.40. The predicted octanol–water partition coefficient (Wildman–Crippen LogP) is 2.24. The second-order valence-electron chi connectivity index (χ2n) is 3.76. The Hall–Kier alpha value is -1.33. The van der Waals surface area contributed by atoms with Crippen LogP contribution in [0.2, 0.25) is 0 Å².